The third kappa shape index (κ3) is 8.83. The smallest absolute Gasteiger partial charge is 0.164 e. The molecular formula is C14H17Cl2NO4. The van der Waals surface area contributed by atoms with Crippen molar-refractivity contribution in [2.45, 2.75) is 19.8 Å². The first-order chi connectivity index (χ1) is 9.75. The van der Waals surface area contributed by atoms with Gasteiger partial charge in [-0.1, -0.05) is 41.4 Å². The average molecular weight is 334 g/mol. The van der Waals surface area contributed by atoms with Crippen LogP contribution in [0.15, 0.2) is 30.3 Å². The van der Waals surface area contributed by atoms with Crippen molar-refractivity contribution >= 4 is 22.8 Å². The number of nitrogens with zero attached hydrogens (tertiary/aromatic N) is 1. The number of hydrogen-bond acceptors (Lipinski definition) is 4. The van der Waals surface area contributed by atoms with Gasteiger partial charge >= 0.3 is 0 Å². The maximum atomic E-state index is 8.49. The molecule has 1 aromatic rings. The average Bonchev–Trinajstić information content (AvgIpc) is 2.88. The third-order valence-corrected chi connectivity index (χ3v) is 3.24. The Morgan fingerprint density at radius 3 is 2.05 bits per heavy atom. The summed E-state index contributed by atoms with van der Waals surface area (Å²) < 4.78 is 36.3. The van der Waals surface area contributed by atoms with Crippen LogP contribution in [0.4, 0.5) is 0 Å². The second-order valence-corrected chi connectivity index (χ2v) is 5.81. The van der Waals surface area contributed by atoms with Crippen LogP contribution in [0.1, 0.15) is 24.0 Å². The summed E-state index contributed by atoms with van der Waals surface area (Å²) in [5, 5.41) is 0.812. The van der Waals surface area contributed by atoms with Crippen molar-refractivity contribution in [2.24, 2.45) is 0 Å². The lowest BCUT2D eigenvalue weighted by molar-refractivity contribution is -2.00. The Morgan fingerprint density at radius 1 is 1.10 bits per heavy atom. The highest BCUT2D eigenvalue weighted by atomic mass is 35.7. The molecule has 1 heterocycles. The predicted molar refractivity (Wildman–Crippen MR) is 70.3 cm³/mol. The molecule has 116 valence electrons. The van der Waals surface area contributed by atoms with Gasteiger partial charge in [0.05, 0.1) is 5.03 Å². The largest absolute Gasteiger partial charge is 0.236 e. The first-order valence-corrected chi connectivity index (χ1v) is 8.00. The number of hydrogen-bond donors (Lipinski definition) is 0. The summed E-state index contributed by atoms with van der Waals surface area (Å²) in [4.78, 5) is 0. The second-order valence-electron chi connectivity index (χ2n) is 4.65. The summed E-state index contributed by atoms with van der Waals surface area (Å²) in [5.74, 6) is 0. The summed E-state index contributed by atoms with van der Waals surface area (Å²) in [6.45, 7) is 4.40. The Bertz CT molecular complexity index is 493. The van der Waals surface area contributed by atoms with Crippen molar-refractivity contribution in [2.75, 3.05) is 13.1 Å². The van der Waals surface area contributed by atoms with Gasteiger partial charge in [0.1, 0.15) is 13.1 Å². The van der Waals surface area contributed by atoms with Gasteiger partial charge in [0.15, 0.2) is 6.21 Å². The highest BCUT2D eigenvalue weighted by Gasteiger charge is 2.10. The summed E-state index contributed by atoms with van der Waals surface area (Å²) in [6.07, 6.45) is 6.70. The van der Waals surface area contributed by atoms with E-state index in [1.165, 1.54) is 18.4 Å². The zero-order valence-corrected chi connectivity index (χ0v) is 13.1. The van der Waals surface area contributed by atoms with Gasteiger partial charge in [-0.2, -0.15) is 0 Å². The summed E-state index contributed by atoms with van der Waals surface area (Å²) >= 11 is 6.24. The van der Waals surface area contributed by atoms with Crippen molar-refractivity contribution in [3.63, 3.8) is 0 Å². The second kappa shape index (κ2) is 8.48. The monoisotopic (exact) mass is 333 g/mol. The van der Waals surface area contributed by atoms with E-state index in [9.17, 15) is 0 Å². The molecular weight excluding hydrogens is 317 g/mol. The van der Waals surface area contributed by atoms with Gasteiger partial charge in [-0.25, -0.2) is 23.2 Å². The molecule has 0 aliphatic carbocycles. The molecule has 0 atom stereocenters. The molecule has 0 unspecified atom stereocenters. The van der Waals surface area contributed by atoms with Crippen molar-refractivity contribution in [3.05, 3.63) is 41.5 Å². The fourth-order valence-corrected chi connectivity index (χ4v) is 2.05. The molecule has 1 aromatic carbocycles. The number of benzene rings is 1. The molecule has 0 spiro atoms. The molecule has 0 amide bonds. The van der Waals surface area contributed by atoms with Crippen molar-refractivity contribution in [1.82, 2.24) is 0 Å². The minimum atomic E-state index is -4.94. The highest BCUT2D eigenvalue weighted by Crippen LogP contribution is 2.18. The molecule has 0 aromatic heterocycles. The van der Waals surface area contributed by atoms with Gasteiger partial charge in [0, 0.05) is 18.9 Å². The Labute approximate surface area is 131 Å². The van der Waals surface area contributed by atoms with Crippen molar-refractivity contribution in [1.29, 1.82) is 0 Å². The molecule has 1 aliphatic heterocycles. The maximum absolute atomic E-state index is 8.49. The van der Waals surface area contributed by atoms with Gasteiger partial charge in [0.25, 0.3) is 0 Å². The molecule has 7 heteroatoms. The lowest BCUT2D eigenvalue weighted by Crippen LogP contribution is -2.68. The zero-order chi connectivity index (χ0) is 15.9. The van der Waals surface area contributed by atoms with Crippen LogP contribution in [-0.2, 0) is 0 Å². The number of halogens is 2. The van der Waals surface area contributed by atoms with E-state index in [1.807, 2.05) is 6.08 Å². The lowest BCUT2D eigenvalue weighted by Gasteiger charge is -2.17. The van der Waals surface area contributed by atoms with Crippen LogP contribution in [-0.4, -0.2) is 23.9 Å². The van der Waals surface area contributed by atoms with Crippen LogP contribution in [0.2, 0.25) is 0 Å². The summed E-state index contributed by atoms with van der Waals surface area (Å²) in [7, 11) is -4.94. The zero-order valence-electron chi connectivity index (χ0n) is 11.6. The van der Waals surface area contributed by atoms with E-state index < -0.39 is 10.2 Å². The molecule has 1 fully saturated rings. The van der Waals surface area contributed by atoms with Crippen LogP contribution < -0.4 is 18.6 Å². The quantitative estimate of drug-likeness (QED) is 0.628. The topological polar surface area (TPSA) is 95.2 Å². The van der Waals surface area contributed by atoms with Gasteiger partial charge < -0.3 is 0 Å². The maximum Gasteiger partial charge on any atom is 0.164 e. The van der Waals surface area contributed by atoms with Crippen molar-refractivity contribution < 1.29 is 33.5 Å². The van der Waals surface area contributed by atoms with Crippen LogP contribution in [0, 0.1) is 17.2 Å². The summed E-state index contributed by atoms with van der Waals surface area (Å²) in [6, 6.07) is 8.29. The number of allylic oxidation sites excluding steroid dienone is 1. The Hall–Kier alpha value is -0.950. The van der Waals surface area contributed by atoms with Gasteiger partial charge in [-0.05, 0) is 12.5 Å². The molecule has 5 nitrogen and oxygen atoms in total. The van der Waals surface area contributed by atoms with Gasteiger partial charge in [-0.15, -0.1) is 10.2 Å². The van der Waals surface area contributed by atoms with E-state index in [4.69, 9.17) is 30.2 Å². The molecule has 1 aliphatic rings. The fraction of sp³-hybridized carbons (Fsp3) is 0.357. The van der Waals surface area contributed by atoms with E-state index in [2.05, 4.69) is 42.0 Å². The van der Waals surface area contributed by atoms with Crippen LogP contribution >= 0.6 is 11.6 Å². The van der Waals surface area contributed by atoms with Gasteiger partial charge in [0.2, 0.25) is 0 Å². The molecule has 0 bridgehead atoms. The van der Waals surface area contributed by atoms with Crippen molar-refractivity contribution in [3.8, 4) is 0 Å². The SMILES string of the molecule is Cc1ccc(/C(Cl)=C/C=[N+]2CCCC2)cc1.[O-][Cl+3]([O-])([O-])[O-]. The standard InChI is InChI=1S/C14H17ClN.ClHO4/c1-12-4-6-13(7-5-12)14(15)8-11-16-9-2-3-10-16;2-1(3,4)5/h4-8,11H,2-3,9-10H2,1H3;(H,2,3,4,5)/q+1;/p-1/b14-8-;. The minimum Gasteiger partial charge on any atom is -0.236 e. The van der Waals surface area contributed by atoms with E-state index in [0.717, 1.165) is 23.7 Å². The highest BCUT2D eigenvalue weighted by molar-refractivity contribution is 6.49. The molecule has 2 rings (SSSR count). The van der Waals surface area contributed by atoms with E-state index in [0.29, 0.717) is 0 Å². The fourth-order valence-electron chi connectivity index (χ4n) is 1.87. The van der Waals surface area contributed by atoms with E-state index in [-0.39, 0.29) is 0 Å². The number of aryl methyl sites for hydroxylation is 1. The van der Waals surface area contributed by atoms with E-state index >= 15 is 0 Å². The van der Waals surface area contributed by atoms with Crippen LogP contribution in [0.25, 0.3) is 5.03 Å². The first-order valence-electron chi connectivity index (χ1n) is 6.39. The molecule has 21 heavy (non-hydrogen) atoms. The normalized spacial score (nSPS) is 15.5. The third-order valence-electron chi connectivity index (χ3n) is 2.90. The summed E-state index contributed by atoms with van der Waals surface area (Å²) in [5.41, 5.74) is 2.35. The Kier molecular flexibility index (Phi) is 7.31. The Morgan fingerprint density at radius 2 is 1.57 bits per heavy atom. The Balaban J connectivity index is 0.000000383. The molecule has 0 radical (unpaired) electrons. The van der Waals surface area contributed by atoms with Crippen LogP contribution in [0.3, 0.4) is 0 Å². The lowest BCUT2D eigenvalue weighted by atomic mass is 10.1. The van der Waals surface area contributed by atoms with Crippen LogP contribution in [0.5, 0.6) is 0 Å². The predicted octanol–water partition coefficient (Wildman–Crippen LogP) is -1.30. The molecule has 0 N–H and O–H groups in total. The van der Waals surface area contributed by atoms with E-state index in [1.54, 1.807) is 0 Å². The molecule has 0 saturated carbocycles. The van der Waals surface area contributed by atoms with Gasteiger partial charge in [-0.3, -0.25) is 0 Å². The number of rotatable bonds is 2. The molecule has 1 saturated heterocycles. The minimum absolute atomic E-state index is 0.812. The first kappa shape index (κ1) is 18.1.